The van der Waals surface area contributed by atoms with Crippen LogP contribution >= 0.6 is 15.9 Å². The molecule has 5 heteroatoms. The molecule has 0 saturated heterocycles. The number of rotatable bonds is 5. The van der Waals surface area contributed by atoms with E-state index in [0.29, 0.717) is 17.2 Å². The number of carbonyl (C=O) groups is 1. The van der Waals surface area contributed by atoms with E-state index in [-0.39, 0.29) is 18.5 Å². The van der Waals surface area contributed by atoms with E-state index >= 15 is 0 Å². The molecule has 0 aliphatic rings. The molecule has 0 aliphatic heterocycles. The topological polar surface area (TPSA) is 64.9 Å². The largest absolute Gasteiger partial charge is 0.375 e. The van der Waals surface area contributed by atoms with E-state index in [0.717, 1.165) is 4.47 Å². The van der Waals surface area contributed by atoms with Crippen molar-refractivity contribution in [3.8, 4) is 6.07 Å². The Morgan fingerprint density at radius 3 is 2.68 bits per heavy atom. The number of anilines is 1. The van der Waals surface area contributed by atoms with Crippen molar-refractivity contribution in [1.82, 2.24) is 5.32 Å². The monoisotopic (exact) mass is 323 g/mol. The van der Waals surface area contributed by atoms with Gasteiger partial charge in [0.15, 0.2) is 0 Å². The summed E-state index contributed by atoms with van der Waals surface area (Å²) in [5.74, 6) is 0.319. The van der Waals surface area contributed by atoms with E-state index in [1.165, 1.54) is 0 Å². The van der Waals surface area contributed by atoms with Crippen molar-refractivity contribution in [2.45, 2.75) is 26.8 Å². The normalized spacial score (nSPS) is 11.8. The highest BCUT2D eigenvalue weighted by Gasteiger charge is 2.11. The standard InChI is InChI=1S/C14H18BrN3O/c1-9(2)10(3)18-14(19)8-17-13-5-4-12(15)6-11(13)7-16/h4-6,9-10,17H,8H2,1-3H3,(H,18,19). The molecule has 4 nitrogen and oxygen atoms in total. The van der Waals surface area contributed by atoms with Gasteiger partial charge in [-0.15, -0.1) is 0 Å². The Labute approximate surface area is 122 Å². The zero-order valence-electron chi connectivity index (χ0n) is 11.3. The number of hydrogen-bond donors (Lipinski definition) is 2. The lowest BCUT2D eigenvalue weighted by molar-refractivity contribution is -0.120. The van der Waals surface area contributed by atoms with Gasteiger partial charge in [-0.1, -0.05) is 29.8 Å². The average Bonchev–Trinajstić information content (AvgIpc) is 2.36. The van der Waals surface area contributed by atoms with Crippen LogP contribution in [0.4, 0.5) is 5.69 Å². The van der Waals surface area contributed by atoms with Crippen LogP contribution in [0.5, 0.6) is 0 Å². The predicted octanol–water partition coefficient (Wildman–Crippen LogP) is 2.89. The molecule has 1 amide bonds. The lowest BCUT2D eigenvalue weighted by Gasteiger charge is -2.18. The molecule has 0 aromatic heterocycles. The summed E-state index contributed by atoms with van der Waals surface area (Å²) in [4.78, 5) is 11.7. The number of nitrogens with one attached hydrogen (secondary N) is 2. The minimum absolute atomic E-state index is 0.0759. The van der Waals surface area contributed by atoms with Crippen LogP contribution in [0.15, 0.2) is 22.7 Å². The summed E-state index contributed by atoms with van der Waals surface area (Å²) in [5, 5.41) is 14.9. The Morgan fingerprint density at radius 1 is 1.42 bits per heavy atom. The molecular formula is C14H18BrN3O. The van der Waals surface area contributed by atoms with Crippen LogP contribution in [0.3, 0.4) is 0 Å². The molecular weight excluding hydrogens is 306 g/mol. The van der Waals surface area contributed by atoms with E-state index < -0.39 is 0 Å². The van der Waals surface area contributed by atoms with Gasteiger partial charge in [-0.05, 0) is 31.0 Å². The fourth-order valence-corrected chi connectivity index (χ4v) is 1.77. The van der Waals surface area contributed by atoms with E-state index in [2.05, 4.69) is 46.5 Å². The maximum absolute atomic E-state index is 11.7. The summed E-state index contributed by atoms with van der Waals surface area (Å²) in [7, 11) is 0. The SMILES string of the molecule is CC(C)C(C)NC(=O)CNc1ccc(Br)cc1C#N. The van der Waals surface area contributed by atoms with Crippen molar-refractivity contribution in [2.75, 3.05) is 11.9 Å². The maximum Gasteiger partial charge on any atom is 0.239 e. The lowest BCUT2D eigenvalue weighted by Crippen LogP contribution is -2.39. The van der Waals surface area contributed by atoms with Crippen LogP contribution in [0.1, 0.15) is 26.3 Å². The number of nitrogens with zero attached hydrogens (tertiary/aromatic N) is 1. The minimum Gasteiger partial charge on any atom is -0.375 e. The number of amides is 1. The first kappa shape index (κ1) is 15.5. The third-order valence-electron chi connectivity index (χ3n) is 2.93. The molecule has 19 heavy (non-hydrogen) atoms. The Hall–Kier alpha value is -1.54. The van der Waals surface area contributed by atoms with Gasteiger partial charge in [0.25, 0.3) is 0 Å². The summed E-state index contributed by atoms with van der Waals surface area (Å²) in [5.41, 5.74) is 1.18. The first-order chi connectivity index (χ1) is 8.93. The highest BCUT2D eigenvalue weighted by molar-refractivity contribution is 9.10. The van der Waals surface area contributed by atoms with Crippen LogP contribution < -0.4 is 10.6 Å². The smallest absolute Gasteiger partial charge is 0.239 e. The molecule has 2 N–H and O–H groups in total. The van der Waals surface area contributed by atoms with Crippen molar-refractivity contribution in [2.24, 2.45) is 5.92 Å². The molecule has 1 rings (SSSR count). The molecule has 0 fully saturated rings. The second kappa shape index (κ2) is 7.15. The quantitative estimate of drug-likeness (QED) is 0.875. The summed E-state index contributed by atoms with van der Waals surface area (Å²) in [6.07, 6.45) is 0. The summed E-state index contributed by atoms with van der Waals surface area (Å²) >= 11 is 3.31. The Kier molecular flexibility index (Phi) is 5.84. The van der Waals surface area contributed by atoms with Crippen molar-refractivity contribution in [3.63, 3.8) is 0 Å². The number of nitriles is 1. The predicted molar refractivity (Wildman–Crippen MR) is 79.8 cm³/mol. The van der Waals surface area contributed by atoms with Gasteiger partial charge in [0.1, 0.15) is 6.07 Å². The van der Waals surface area contributed by atoms with Crippen LogP contribution in [0.25, 0.3) is 0 Å². The maximum atomic E-state index is 11.7. The molecule has 0 aliphatic carbocycles. The van der Waals surface area contributed by atoms with Crippen LogP contribution in [-0.4, -0.2) is 18.5 Å². The Balaban J connectivity index is 2.58. The second-order valence-electron chi connectivity index (χ2n) is 4.76. The van der Waals surface area contributed by atoms with Crippen LogP contribution in [0, 0.1) is 17.2 Å². The lowest BCUT2D eigenvalue weighted by atomic mass is 10.1. The fraction of sp³-hybridized carbons (Fsp3) is 0.429. The molecule has 1 atom stereocenters. The van der Waals surface area contributed by atoms with Crippen molar-refractivity contribution in [3.05, 3.63) is 28.2 Å². The molecule has 0 spiro atoms. The van der Waals surface area contributed by atoms with Crippen molar-refractivity contribution in [1.29, 1.82) is 5.26 Å². The summed E-state index contributed by atoms with van der Waals surface area (Å²) in [6, 6.07) is 7.56. The van der Waals surface area contributed by atoms with E-state index in [1.54, 1.807) is 12.1 Å². The van der Waals surface area contributed by atoms with Gasteiger partial charge in [-0.25, -0.2) is 0 Å². The molecule has 1 aromatic carbocycles. The molecule has 0 heterocycles. The van der Waals surface area contributed by atoms with Gasteiger partial charge in [0.2, 0.25) is 5.91 Å². The first-order valence-corrected chi connectivity index (χ1v) is 6.96. The molecule has 102 valence electrons. The number of benzene rings is 1. The molecule has 0 radical (unpaired) electrons. The zero-order valence-corrected chi connectivity index (χ0v) is 12.9. The molecule has 0 bridgehead atoms. The van der Waals surface area contributed by atoms with Crippen LogP contribution in [0.2, 0.25) is 0 Å². The Morgan fingerprint density at radius 2 is 2.11 bits per heavy atom. The fourth-order valence-electron chi connectivity index (χ4n) is 1.41. The summed E-state index contributed by atoms with van der Waals surface area (Å²) in [6.45, 7) is 6.25. The minimum atomic E-state index is -0.0759. The van der Waals surface area contributed by atoms with Gasteiger partial charge in [0.05, 0.1) is 17.8 Å². The third kappa shape index (κ3) is 4.92. The highest BCUT2D eigenvalue weighted by Crippen LogP contribution is 2.19. The molecule has 1 unspecified atom stereocenters. The zero-order chi connectivity index (χ0) is 14.4. The van der Waals surface area contributed by atoms with Gasteiger partial charge in [-0.3, -0.25) is 4.79 Å². The number of hydrogen-bond acceptors (Lipinski definition) is 3. The van der Waals surface area contributed by atoms with Crippen molar-refractivity contribution < 1.29 is 4.79 Å². The average molecular weight is 324 g/mol. The van der Waals surface area contributed by atoms with Gasteiger partial charge in [-0.2, -0.15) is 5.26 Å². The first-order valence-electron chi connectivity index (χ1n) is 6.17. The number of halogens is 1. The highest BCUT2D eigenvalue weighted by atomic mass is 79.9. The molecule has 0 saturated carbocycles. The van der Waals surface area contributed by atoms with Gasteiger partial charge >= 0.3 is 0 Å². The van der Waals surface area contributed by atoms with Gasteiger partial charge in [0, 0.05) is 10.5 Å². The van der Waals surface area contributed by atoms with Gasteiger partial charge < -0.3 is 10.6 Å². The van der Waals surface area contributed by atoms with E-state index in [4.69, 9.17) is 5.26 Å². The van der Waals surface area contributed by atoms with Crippen LogP contribution in [-0.2, 0) is 4.79 Å². The number of carbonyl (C=O) groups excluding carboxylic acids is 1. The molecule has 1 aromatic rings. The van der Waals surface area contributed by atoms with Crippen molar-refractivity contribution >= 4 is 27.5 Å². The second-order valence-corrected chi connectivity index (χ2v) is 5.67. The van der Waals surface area contributed by atoms with E-state index in [9.17, 15) is 4.79 Å². The van der Waals surface area contributed by atoms with E-state index in [1.807, 2.05) is 13.0 Å². The third-order valence-corrected chi connectivity index (χ3v) is 3.42. The summed E-state index contributed by atoms with van der Waals surface area (Å²) < 4.78 is 0.840. The Bertz CT molecular complexity index is 494.